The van der Waals surface area contributed by atoms with Gasteiger partial charge in [-0.3, -0.25) is 0 Å². The third-order valence-electron chi connectivity index (χ3n) is 2.94. The number of nitrogens with zero attached hydrogens (tertiary/aromatic N) is 2. The molecule has 0 spiro atoms. The smallest absolute Gasteiger partial charge is 0.355 e. The van der Waals surface area contributed by atoms with Gasteiger partial charge in [0.1, 0.15) is 5.82 Å². The summed E-state index contributed by atoms with van der Waals surface area (Å²) in [7, 11) is 0. The fraction of sp³-hybridized carbons (Fsp3) is 0.545. The van der Waals surface area contributed by atoms with E-state index in [4.69, 9.17) is 0 Å². The van der Waals surface area contributed by atoms with Gasteiger partial charge < -0.3 is 4.90 Å². The van der Waals surface area contributed by atoms with E-state index in [-0.39, 0.29) is 36.2 Å². The summed E-state index contributed by atoms with van der Waals surface area (Å²) >= 11 is 3.01. The predicted octanol–water partition coefficient (Wildman–Crippen LogP) is 4.10. The molecule has 1 saturated heterocycles. The number of anilines is 1. The highest BCUT2D eigenvalue weighted by molar-refractivity contribution is 9.10. The van der Waals surface area contributed by atoms with Gasteiger partial charge in [-0.05, 0) is 22.0 Å². The van der Waals surface area contributed by atoms with Gasteiger partial charge in [0.15, 0.2) is 0 Å². The van der Waals surface area contributed by atoms with E-state index in [0.717, 1.165) is 6.07 Å². The van der Waals surface area contributed by atoms with Gasteiger partial charge in [-0.25, -0.2) is 13.8 Å². The molecule has 0 amide bonds. The van der Waals surface area contributed by atoms with E-state index < -0.39 is 17.7 Å². The maximum Gasteiger partial charge on any atom is 0.417 e. The molecule has 19 heavy (non-hydrogen) atoms. The maximum atomic E-state index is 13.0. The van der Waals surface area contributed by atoms with Crippen molar-refractivity contribution in [3.05, 3.63) is 22.3 Å². The van der Waals surface area contributed by atoms with Gasteiger partial charge in [-0.2, -0.15) is 13.2 Å². The van der Waals surface area contributed by atoms with Crippen LogP contribution in [-0.2, 0) is 6.18 Å². The Morgan fingerprint density at radius 3 is 2.26 bits per heavy atom. The lowest BCUT2D eigenvalue weighted by molar-refractivity contribution is -0.137. The van der Waals surface area contributed by atoms with Crippen molar-refractivity contribution in [3.8, 4) is 0 Å². The van der Waals surface area contributed by atoms with E-state index in [1.807, 2.05) is 0 Å². The highest BCUT2D eigenvalue weighted by Gasteiger charge is 2.36. The number of hydrogen-bond donors (Lipinski definition) is 0. The predicted molar refractivity (Wildman–Crippen MR) is 63.3 cm³/mol. The summed E-state index contributed by atoms with van der Waals surface area (Å²) in [6.45, 7) is 0.147. The van der Waals surface area contributed by atoms with Crippen LogP contribution >= 0.6 is 15.9 Å². The molecule has 0 bridgehead atoms. The van der Waals surface area contributed by atoms with Crippen molar-refractivity contribution in [2.75, 3.05) is 18.0 Å². The number of piperidine rings is 1. The molecule has 2 nitrogen and oxygen atoms in total. The molecule has 1 aromatic rings. The Balaban J connectivity index is 2.19. The van der Waals surface area contributed by atoms with Crippen LogP contribution in [0.15, 0.2) is 16.7 Å². The molecule has 1 aliphatic heterocycles. The highest BCUT2D eigenvalue weighted by Crippen LogP contribution is 2.36. The van der Waals surface area contributed by atoms with Crippen LogP contribution in [0.2, 0.25) is 0 Å². The second kappa shape index (κ2) is 4.88. The number of alkyl halides is 5. The topological polar surface area (TPSA) is 16.1 Å². The van der Waals surface area contributed by atoms with Crippen LogP contribution in [0, 0.1) is 0 Å². The number of hydrogen-bond acceptors (Lipinski definition) is 2. The molecule has 0 aromatic carbocycles. The van der Waals surface area contributed by atoms with Crippen LogP contribution in [0.25, 0.3) is 0 Å². The van der Waals surface area contributed by atoms with Crippen LogP contribution in [-0.4, -0.2) is 24.0 Å². The molecule has 1 aliphatic rings. The van der Waals surface area contributed by atoms with Crippen molar-refractivity contribution in [2.24, 2.45) is 0 Å². The number of pyridine rings is 1. The summed E-state index contributed by atoms with van der Waals surface area (Å²) in [5.41, 5.74) is -0.870. The molecule has 2 heterocycles. The Bertz CT molecular complexity index is 465. The van der Waals surface area contributed by atoms with Gasteiger partial charge in [0, 0.05) is 32.1 Å². The van der Waals surface area contributed by atoms with Crippen molar-refractivity contribution >= 4 is 21.7 Å². The molecule has 8 heteroatoms. The molecule has 0 radical (unpaired) electrons. The van der Waals surface area contributed by atoms with E-state index in [1.54, 1.807) is 4.90 Å². The fourth-order valence-corrected chi connectivity index (χ4v) is 2.46. The second-order valence-electron chi connectivity index (χ2n) is 4.37. The molecule has 106 valence electrons. The molecule has 0 aliphatic carbocycles. The zero-order chi connectivity index (χ0) is 14.3. The first-order valence-electron chi connectivity index (χ1n) is 5.54. The van der Waals surface area contributed by atoms with Crippen molar-refractivity contribution in [1.29, 1.82) is 0 Å². The SMILES string of the molecule is FC1(F)CCN(c2ncc(C(F)(F)F)cc2Br)CC1. The average Bonchev–Trinajstić information content (AvgIpc) is 2.28. The Hall–Kier alpha value is -0.920. The third-order valence-corrected chi connectivity index (χ3v) is 3.53. The Morgan fingerprint density at radius 2 is 1.79 bits per heavy atom. The van der Waals surface area contributed by atoms with E-state index in [0.29, 0.717) is 6.20 Å². The molecular weight excluding hydrogens is 335 g/mol. The lowest BCUT2D eigenvalue weighted by Crippen LogP contribution is -2.40. The van der Waals surface area contributed by atoms with Gasteiger partial charge >= 0.3 is 6.18 Å². The van der Waals surface area contributed by atoms with Crippen molar-refractivity contribution in [1.82, 2.24) is 4.98 Å². The van der Waals surface area contributed by atoms with Crippen LogP contribution in [0.4, 0.5) is 27.8 Å². The van der Waals surface area contributed by atoms with Gasteiger partial charge in [0.25, 0.3) is 5.92 Å². The molecule has 2 rings (SSSR count). The summed E-state index contributed by atoms with van der Waals surface area (Å²) in [6.07, 6.45) is -4.39. The fourth-order valence-electron chi connectivity index (χ4n) is 1.86. The Labute approximate surface area is 114 Å². The van der Waals surface area contributed by atoms with Crippen molar-refractivity contribution < 1.29 is 22.0 Å². The van der Waals surface area contributed by atoms with E-state index in [9.17, 15) is 22.0 Å². The van der Waals surface area contributed by atoms with Gasteiger partial charge in [-0.1, -0.05) is 0 Å². The van der Waals surface area contributed by atoms with Crippen molar-refractivity contribution in [2.45, 2.75) is 24.9 Å². The van der Waals surface area contributed by atoms with Gasteiger partial charge in [-0.15, -0.1) is 0 Å². The van der Waals surface area contributed by atoms with E-state index >= 15 is 0 Å². The monoisotopic (exact) mass is 344 g/mol. The Morgan fingerprint density at radius 1 is 1.21 bits per heavy atom. The molecule has 0 atom stereocenters. The average molecular weight is 345 g/mol. The number of halogens is 6. The molecular formula is C11H10BrF5N2. The van der Waals surface area contributed by atoms with Gasteiger partial charge in [0.2, 0.25) is 0 Å². The minimum Gasteiger partial charge on any atom is -0.355 e. The first-order valence-corrected chi connectivity index (χ1v) is 6.34. The first kappa shape index (κ1) is 14.5. The minimum absolute atomic E-state index is 0.0734. The normalized spacial score (nSPS) is 19.6. The summed E-state index contributed by atoms with van der Waals surface area (Å²) < 4.78 is 63.6. The molecule has 1 aromatic heterocycles. The largest absolute Gasteiger partial charge is 0.417 e. The Kier molecular flexibility index (Phi) is 3.72. The summed E-state index contributed by atoms with van der Waals surface area (Å²) in [5.74, 6) is -2.43. The standard InChI is InChI=1S/C11H10BrF5N2/c12-8-5-7(11(15,16)17)6-18-9(8)19-3-1-10(13,14)2-4-19/h5-6H,1-4H2. The van der Waals surface area contributed by atoms with Crippen LogP contribution in [0.3, 0.4) is 0 Å². The second-order valence-corrected chi connectivity index (χ2v) is 5.22. The number of rotatable bonds is 1. The minimum atomic E-state index is -4.47. The third kappa shape index (κ3) is 3.34. The van der Waals surface area contributed by atoms with E-state index in [1.165, 1.54) is 0 Å². The van der Waals surface area contributed by atoms with Crippen LogP contribution in [0.1, 0.15) is 18.4 Å². The first-order chi connectivity index (χ1) is 8.69. The van der Waals surface area contributed by atoms with Crippen LogP contribution < -0.4 is 4.90 Å². The molecule has 0 unspecified atom stereocenters. The van der Waals surface area contributed by atoms with Gasteiger partial charge in [0.05, 0.1) is 10.0 Å². The summed E-state index contributed by atoms with van der Waals surface area (Å²) in [4.78, 5) is 5.29. The quantitative estimate of drug-likeness (QED) is 0.713. The summed E-state index contributed by atoms with van der Waals surface area (Å²) in [5, 5.41) is 0. The molecule has 0 N–H and O–H groups in total. The lowest BCUT2D eigenvalue weighted by atomic mass is 10.1. The van der Waals surface area contributed by atoms with Crippen LogP contribution in [0.5, 0.6) is 0 Å². The molecule has 1 fully saturated rings. The zero-order valence-electron chi connectivity index (χ0n) is 9.65. The highest BCUT2D eigenvalue weighted by atomic mass is 79.9. The lowest BCUT2D eigenvalue weighted by Gasteiger charge is -2.33. The zero-order valence-corrected chi connectivity index (χ0v) is 11.2. The number of aromatic nitrogens is 1. The van der Waals surface area contributed by atoms with Crippen molar-refractivity contribution in [3.63, 3.8) is 0 Å². The molecule has 0 saturated carbocycles. The summed E-state index contributed by atoms with van der Waals surface area (Å²) in [6, 6.07) is 0.912. The maximum absolute atomic E-state index is 13.0. The van der Waals surface area contributed by atoms with E-state index in [2.05, 4.69) is 20.9 Å².